The molecular formula is C14H23N5. The molecule has 2 aromatic heterocycles. The summed E-state index contributed by atoms with van der Waals surface area (Å²) in [5.74, 6) is 1.70. The molecule has 0 aliphatic rings. The highest BCUT2D eigenvalue weighted by molar-refractivity contribution is 5.52. The average molecular weight is 261 g/mol. The molecule has 0 bridgehead atoms. The number of aryl methyl sites for hydroxylation is 1. The number of anilines is 1. The summed E-state index contributed by atoms with van der Waals surface area (Å²) in [4.78, 5) is 6.64. The first-order valence-corrected chi connectivity index (χ1v) is 6.87. The Kier molecular flexibility index (Phi) is 4.37. The van der Waals surface area contributed by atoms with Crippen molar-refractivity contribution in [1.29, 1.82) is 0 Å². The molecule has 0 aliphatic carbocycles. The molecule has 0 unspecified atom stereocenters. The standard InChI is InChI=1S/C14H23N5/c1-11(2)9-18(6-4-5-15)14-8-12(3)7-13-16-10-17-19(13)14/h7-8,10-11H,4-6,9,15H2,1-3H3. The van der Waals surface area contributed by atoms with Crippen LogP contribution < -0.4 is 10.6 Å². The fourth-order valence-corrected chi connectivity index (χ4v) is 2.28. The molecule has 0 spiro atoms. The molecule has 0 aromatic carbocycles. The third-order valence-electron chi connectivity index (χ3n) is 3.05. The number of pyridine rings is 1. The Bertz CT molecular complexity index is 532. The summed E-state index contributed by atoms with van der Waals surface area (Å²) in [6.07, 6.45) is 2.59. The maximum Gasteiger partial charge on any atom is 0.157 e. The lowest BCUT2D eigenvalue weighted by atomic mass is 10.2. The van der Waals surface area contributed by atoms with Gasteiger partial charge in [0, 0.05) is 13.1 Å². The third-order valence-corrected chi connectivity index (χ3v) is 3.05. The van der Waals surface area contributed by atoms with E-state index in [0.29, 0.717) is 12.5 Å². The van der Waals surface area contributed by atoms with E-state index < -0.39 is 0 Å². The molecule has 0 aliphatic heterocycles. The van der Waals surface area contributed by atoms with Crippen LogP contribution >= 0.6 is 0 Å². The second kappa shape index (κ2) is 6.02. The fraction of sp³-hybridized carbons (Fsp3) is 0.571. The Morgan fingerprint density at radius 2 is 2.16 bits per heavy atom. The lowest BCUT2D eigenvalue weighted by molar-refractivity contribution is 0.591. The molecule has 2 N–H and O–H groups in total. The van der Waals surface area contributed by atoms with Gasteiger partial charge in [-0.1, -0.05) is 13.8 Å². The lowest BCUT2D eigenvalue weighted by Crippen LogP contribution is -2.31. The van der Waals surface area contributed by atoms with Gasteiger partial charge in [-0.25, -0.2) is 4.98 Å². The maximum atomic E-state index is 5.65. The van der Waals surface area contributed by atoms with E-state index in [0.717, 1.165) is 31.0 Å². The summed E-state index contributed by atoms with van der Waals surface area (Å²) >= 11 is 0. The van der Waals surface area contributed by atoms with Gasteiger partial charge < -0.3 is 10.6 Å². The number of nitrogens with two attached hydrogens (primary N) is 1. The first-order valence-electron chi connectivity index (χ1n) is 6.87. The van der Waals surface area contributed by atoms with Gasteiger partial charge >= 0.3 is 0 Å². The van der Waals surface area contributed by atoms with Crippen LogP contribution in [0.4, 0.5) is 5.82 Å². The molecule has 5 heteroatoms. The highest BCUT2D eigenvalue weighted by atomic mass is 15.4. The van der Waals surface area contributed by atoms with Crippen LogP contribution in [0.15, 0.2) is 18.5 Å². The topological polar surface area (TPSA) is 59.5 Å². The third kappa shape index (κ3) is 3.23. The molecular weight excluding hydrogens is 238 g/mol. The lowest BCUT2D eigenvalue weighted by Gasteiger charge is -2.27. The van der Waals surface area contributed by atoms with Gasteiger partial charge in [0.25, 0.3) is 0 Å². The van der Waals surface area contributed by atoms with Gasteiger partial charge in [-0.15, -0.1) is 0 Å². The number of hydrogen-bond acceptors (Lipinski definition) is 4. The van der Waals surface area contributed by atoms with E-state index in [2.05, 4.69) is 41.8 Å². The van der Waals surface area contributed by atoms with Crippen LogP contribution in [0.2, 0.25) is 0 Å². The van der Waals surface area contributed by atoms with Crippen molar-refractivity contribution in [2.75, 3.05) is 24.5 Å². The average Bonchev–Trinajstić information content (AvgIpc) is 2.80. The van der Waals surface area contributed by atoms with Crippen molar-refractivity contribution in [3.63, 3.8) is 0 Å². The molecule has 0 saturated heterocycles. The van der Waals surface area contributed by atoms with Gasteiger partial charge in [-0.3, -0.25) is 0 Å². The molecule has 2 aromatic rings. The van der Waals surface area contributed by atoms with Crippen molar-refractivity contribution in [2.45, 2.75) is 27.2 Å². The number of nitrogens with zero attached hydrogens (tertiary/aromatic N) is 4. The van der Waals surface area contributed by atoms with Gasteiger partial charge in [0.2, 0.25) is 0 Å². The molecule has 2 heterocycles. The van der Waals surface area contributed by atoms with Crippen LogP contribution in [-0.2, 0) is 0 Å². The quantitative estimate of drug-likeness (QED) is 0.862. The summed E-state index contributed by atoms with van der Waals surface area (Å²) < 4.78 is 1.91. The Hall–Kier alpha value is -1.62. The van der Waals surface area contributed by atoms with Gasteiger partial charge in [-0.05, 0) is 43.5 Å². The molecule has 0 radical (unpaired) electrons. The van der Waals surface area contributed by atoms with Crippen LogP contribution in [0.25, 0.3) is 5.65 Å². The largest absolute Gasteiger partial charge is 0.356 e. The van der Waals surface area contributed by atoms with Crippen molar-refractivity contribution in [1.82, 2.24) is 14.6 Å². The zero-order valence-electron chi connectivity index (χ0n) is 12.0. The van der Waals surface area contributed by atoms with E-state index >= 15 is 0 Å². The van der Waals surface area contributed by atoms with Crippen LogP contribution in [-0.4, -0.2) is 34.2 Å². The van der Waals surface area contributed by atoms with Crippen molar-refractivity contribution in [3.05, 3.63) is 24.0 Å². The summed E-state index contributed by atoms with van der Waals surface area (Å²) in [6, 6.07) is 4.22. The normalized spacial score (nSPS) is 11.4. The summed E-state index contributed by atoms with van der Waals surface area (Å²) in [6.45, 7) is 9.20. The molecule has 5 nitrogen and oxygen atoms in total. The molecule has 19 heavy (non-hydrogen) atoms. The smallest absolute Gasteiger partial charge is 0.157 e. The summed E-state index contributed by atoms with van der Waals surface area (Å²) in [7, 11) is 0. The van der Waals surface area contributed by atoms with Crippen LogP contribution in [0.3, 0.4) is 0 Å². The molecule has 0 fully saturated rings. The van der Waals surface area contributed by atoms with E-state index in [-0.39, 0.29) is 0 Å². The first kappa shape index (κ1) is 13.8. The number of aromatic nitrogens is 3. The predicted molar refractivity (Wildman–Crippen MR) is 78.4 cm³/mol. The zero-order chi connectivity index (χ0) is 13.8. The summed E-state index contributed by atoms with van der Waals surface area (Å²) in [5, 5.41) is 4.33. The van der Waals surface area contributed by atoms with Gasteiger partial charge in [0.15, 0.2) is 5.65 Å². The van der Waals surface area contributed by atoms with Gasteiger partial charge in [0.05, 0.1) is 0 Å². The first-order chi connectivity index (χ1) is 9.11. The maximum absolute atomic E-state index is 5.65. The Balaban J connectivity index is 2.38. The molecule has 0 saturated carbocycles. The minimum absolute atomic E-state index is 0.594. The second-order valence-corrected chi connectivity index (χ2v) is 5.40. The Morgan fingerprint density at radius 1 is 1.37 bits per heavy atom. The van der Waals surface area contributed by atoms with E-state index in [1.165, 1.54) is 5.56 Å². The van der Waals surface area contributed by atoms with Gasteiger partial charge in [-0.2, -0.15) is 9.61 Å². The molecule has 2 rings (SSSR count). The summed E-state index contributed by atoms with van der Waals surface area (Å²) in [5.41, 5.74) is 7.75. The van der Waals surface area contributed by atoms with Crippen molar-refractivity contribution >= 4 is 11.5 Å². The SMILES string of the molecule is Cc1cc(N(CCCN)CC(C)C)n2ncnc2c1. The Morgan fingerprint density at radius 3 is 2.84 bits per heavy atom. The number of fused-ring (bicyclic) bond motifs is 1. The predicted octanol–water partition coefficient (Wildman–Crippen LogP) is 1.85. The molecule has 0 amide bonds. The second-order valence-electron chi connectivity index (χ2n) is 5.40. The highest BCUT2D eigenvalue weighted by Crippen LogP contribution is 2.19. The number of hydrogen-bond donors (Lipinski definition) is 1. The van der Waals surface area contributed by atoms with Crippen LogP contribution in [0.5, 0.6) is 0 Å². The van der Waals surface area contributed by atoms with E-state index in [9.17, 15) is 0 Å². The highest BCUT2D eigenvalue weighted by Gasteiger charge is 2.13. The monoisotopic (exact) mass is 261 g/mol. The van der Waals surface area contributed by atoms with Gasteiger partial charge in [0.1, 0.15) is 12.1 Å². The molecule has 0 atom stereocenters. The molecule has 104 valence electrons. The van der Waals surface area contributed by atoms with Crippen molar-refractivity contribution < 1.29 is 0 Å². The van der Waals surface area contributed by atoms with Crippen LogP contribution in [0, 0.1) is 12.8 Å². The van der Waals surface area contributed by atoms with Crippen LogP contribution in [0.1, 0.15) is 25.8 Å². The van der Waals surface area contributed by atoms with E-state index in [1.54, 1.807) is 6.33 Å². The van der Waals surface area contributed by atoms with E-state index in [1.807, 2.05) is 10.6 Å². The minimum atomic E-state index is 0.594. The zero-order valence-corrected chi connectivity index (χ0v) is 12.0. The van der Waals surface area contributed by atoms with Crippen molar-refractivity contribution in [2.24, 2.45) is 11.7 Å². The number of rotatable bonds is 6. The Labute approximate surface area is 114 Å². The van der Waals surface area contributed by atoms with E-state index in [4.69, 9.17) is 5.73 Å². The fourth-order valence-electron chi connectivity index (χ4n) is 2.28. The minimum Gasteiger partial charge on any atom is -0.356 e. The van der Waals surface area contributed by atoms with Crippen molar-refractivity contribution in [3.8, 4) is 0 Å².